The van der Waals surface area contributed by atoms with E-state index < -0.39 is 6.09 Å². The Morgan fingerprint density at radius 2 is 2.29 bits per heavy atom. The fourth-order valence-electron chi connectivity index (χ4n) is 2.37. The summed E-state index contributed by atoms with van der Waals surface area (Å²) in [4.78, 5) is 26.4. The maximum Gasteiger partial charge on any atom is 0.416 e. The summed E-state index contributed by atoms with van der Waals surface area (Å²) in [7, 11) is 0. The number of imide groups is 1. The van der Waals surface area contributed by atoms with Gasteiger partial charge in [0.2, 0.25) is 5.91 Å². The van der Waals surface area contributed by atoms with Gasteiger partial charge in [-0.05, 0) is 19.8 Å². The lowest BCUT2D eigenvalue weighted by atomic mass is 9.99. The second-order valence-corrected chi connectivity index (χ2v) is 4.76. The SMILES string of the molecule is CC1CC(N)CCN1CC(=O)N1CCOC1=O. The summed E-state index contributed by atoms with van der Waals surface area (Å²) in [6.07, 6.45) is 1.29. The van der Waals surface area contributed by atoms with Gasteiger partial charge < -0.3 is 10.5 Å². The Hall–Kier alpha value is -1.14. The Balaban J connectivity index is 1.88. The summed E-state index contributed by atoms with van der Waals surface area (Å²) in [6, 6.07) is 0.523. The summed E-state index contributed by atoms with van der Waals surface area (Å²) in [5.74, 6) is -0.171. The molecule has 2 aliphatic rings. The van der Waals surface area contributed by atoms with E-state index in [1.165, 1.54) is 4.90 Å². The Morgan fingerprint density at radius 3 is 2.88 bits per heavy atom. The van der Waals surface area contributed by atoms with Crippen LogP contribution in [-0.4, -0.2) is 60.1 Å². The van der Waals surface area contributed by atoms with Gasteiger partial charge in [-0.2, -0.15) is 0 Å². The highest BCUT2D eigenvalue weighted by Gasteiger charge is 2.31. The summed E-state index contributed by atoms with van der Waals surface area (Å²) in [6.45, 7) is 3.85. The highest BCUT2D eigenvalue weighted by molar-refractivity contribution is 5.94. The van der Waals surface area contributed by atoms with Gasteiger partial charge >= 0.3 is 6.09 Å². The topological polar surface area (TPSA) is 75.9 Å². The maximum atomic E-state index is 11.9. The Bertz CT molecular complexity index is 321. The predicted molar refractivity (Wildman–Crippen MR) is 61.3 cm³/mol. The number of carbonyl (C=O) groups is 2. The van der Waals surface area contributed by atoms with Crippen LogP contribution >= 0.6 is 0 Å². The minimum absolute atomic E-state index is 0.171. The molecule has 2 rings (SSSR count). The van der Waals surface area contributed by atoms with E-state index in [2.05, 4.69) is 11.8 Å². The molecule has 2 saturated heterocycles. The molecule has 0 radical (unpaired) electrons. The van der Waals surface area contributed by atoms with Crippen LogP contribution in [0.5, 0.6) is 0 Å². The first-order chi connectivity index (χ1) is 8.08. The maximum absolute atomic E-state index is 11.9. The van der Waals surface area contributed by atoms with Gasteiger partial charge in [0.25, 0.3) is 0 Å². The number of hydrogen-bond donors (Lipinski definition) is 1. The van der Waals surface area contributed by atoms with Crippen molar-refractivity contribution < 1.29 is 14.3 Å². The molecule has 6 nitrogen and oxygen atoms in total. The molecule has 2 unspecified atom stereocenters. The molecule has 2 fully saturated rings. The third-order valence-electron chi connectivity index (χ3n) is 3.45. The van der Waals surface area contributed by atoms with Crippen molar-refractivity contribution >= 4 is 12.0 Å². The number of hydrogen-bond acceptors (Lipinski definition) is 5. The summed E-state index contributed by atoms with van der Waals surface area (Å²) in [5.41, 5.74) is 5.87. The quantitative estimate of drug-likeness (QED) is 0.723. The number of carbonyl (C=O) groups excluding carboxylic acids is 2. The van der Waals surface area contributed by atoms with Gasteiger partial charge in [0.05, 0.1) is 13.1 Å². The van der Waals surface area contributed by atoms with Crippen molar-refractivity contribution in [2.24, 2.45) is 5.73 Å². The smallest absolute Gasteiger partial charge is 0.416 e. The van der Waals surface area contributed by atoms with E-state index in [1.807, 2.05) is 0 Å². The van der Waals surface area contributed by atoms with Crippen LogP contribution < -0.4 is 5.73 Å². The average Bonchev–Trinajstić information content (AvgIpc) is 2.68. The third kappa shape index (κ3) is 2.76. The fourth-order valence-corrected chi connectivity index (χ4v) is 2.37. The zero-order valence-corrected chi connectivity index (χ0v) is 10.1. The van der Waals surface area contributed by atoms with E-state index in [9.17, 15) is 9.59 Å². The number of rotatable bonds is 2. The molecular formula is C11H19N3O3. The second-order valence-electron chi connectivity index (χ2n) is 4.76. The van der Waals surface area contributed by atoms with Gasteiger partial charge in [-0.15, -0.1) is 0 Å². The van der Waals surface area contributed by atoms with Crippen LogP contribution in [0.2, 0.25) is 0 Å². The average molecular weight is 241 g/mol. The lowest BCUT2D eigenvalue weighted by molar-refractivity contribution is -0.129. The predicted octanol–water partition coefficient (Wildman–Crippen LogP) is -0.223. The van der Waals surface area contributed by atoms with E-state index in [1.54, 1.807) is 0 Å². The van der Waals surface area contributed by atoms with Crippen LogP contribution in [-0.2, 0) is 9.53 Å². The van der Waals surface area contributed by atoms with Crippen LogP contribution in [0.25, 0.3) is 0 Å². The number of cyclic esters (lactones) is 1. The molecule has 0 spiro atoms. The van der Waals surface area contributed by atoms with Gasteiger partial charge in [0, 0.05) is 18.6 Å². The van der Waals surface area contributed by atoms with E-state index in [0.29, 0.717) is 19.2 Å². The molecule has 0 bridgehead atoms. The molecule has 0 aromatic rings. The van der Waals surface area contributed by atoms with Crippen molar-refractivity contribution in [3.05, 3.63) is 0 Å². The van der Waals surface area contributed by atoms with Crippen molar-refractivity contribution in [1.29, 1.82) is 0 Å². The molecule has 0 saturated carbocycles. The minimum Gasteiger partial charge on any atom is -0.447 e. The van der Waals surface area contributed by atoms with Crippen LogP contribution in [0.3, 0.4) is 0 Å². The molecule has 0 aromatic heterocycles. The zero-order valence-electron chi connectivity index (χ0n) is 10.1. The lowest BCUT2D eigenvalue weighted by Crippen LogP contribution is -2.50. The lowest BCUT2D eigenvalue weighted by Gasteiger charge is -2.36. The number of likely N-dealkylation sites (tertiary alicyclic amines) is 1. The van der Waals surface area contributed by atoms with Crippen LogP contribution in [0.1, 0.15) is 19.8 Å². The number of amides is 2. The summed E-state index contributed by atoms with van der Waals surface area (Å²) < 4.78 is 4.75. The van der Waals surface area contributed by atoms with Crippen molar-refractivity contribution in [1.82, 2.24) is 9.80 Å². The van der Waals surface area contributed by atoms with Crippen molar-refractivity contribution in [3.8, 4) is 0 Å². The molecule has 2 aliphatic heterocycles. The van der Waals surface area contributed by atoms with E-state index >= 15 is 0 Å². The van der Waals surface area contributed by atoms with E-state index in [4.69, 9.17) is 10.5 Å². The Kier molecular flexibility index (Phi) is 3.63. The first-order valence-corrected chi connectivity index (χ1v) is 6.04. The van der Waals surface area contributed by atoms with Crippen molar-refractivity contribution in [2.45, 2.75) is 31.8 Å². The van der Waals surface area contributed by atoms with Crippen LogP contribution in [0.4, 0.5) is 4.79 Å². The second kappa shape index (κ2) is 5.01. The first-order valence-electron chi connectivity index (χ1n) is 6.04. The first kappa shape index (κ1) is 12.3. The molecule has 96 valence electrons. The molecule has 2 heterocycles. The Labute approximate surface area is 101 Å². The highest BCUT2D eigenvalue weighted by atomic mass is 16.6. The van der Waals surface area contributed by atoms with Gasteiger partial charge in [-0.1, -0.05) is 0 Å². The Morgan fingerprint density at radius 1 is 1.53 bits per heavy atom. The molecule has 0 aliphatic carbocycles. The summed E-state index contributed by atoms with van der Waals surface area (Å²) in [5, 5.41) is 0. The number of ether oxygens (including phenoxy) is 1. The molecule has 6 heteroatoms. The molecule has 2 amide bonds. The van der Waals surface area contributed by atoms with Gasteiger partial charge in [0.1, 0.15) is 6.61 Å². The normalized spacial score (nSPS) is 30.5. The van der Waals surface area contributed by atoms with E-state index in [0.717, 1.165) is 19.4 Å². The van der Waals surface area contributed by atoms with Crippen LogP contribution in [0, 0.1) is 0 Å². The largest absolute Gasteiger partial charge is 0.447 e. The number of piperidine rings is 1. The number of nitrogens with zero attached hydrogens (tertiary/aromatic N) is 2. The van der Waals surface area contributed by atoms with Crippen molar-refractivity contribution in [2.75, 3.05) is 26.2 Å². The molecule has 2 atom stereocenters. The zero-order chi connectivity index (χ0) is 12.4. The monoisotopic (exact) mass is 241 g/mol. The van der Waals surface area contributed by atoms with Gasteiger partial charge in [0.15, 0.2) is 0 Å². The molecule has 0 aromatic carbocycles. The van der Waals surface area contributed by atoms with Crippen LogP contribution in [0.15, 0.2) is 0 Å². The van der Waals surface area contributed by atoms with Gasteiger partial charge in [-0.25, -0.2) is 9.69 Å². The summed E-state index contributed by atoms with van der Waals surface area (Å²) >= 11 is 0. The fraction of sp³-hybridized carbons (Fsp3) is 0.818. The van der Waals surface area contributed by atoms with E-state index in [-0.39, 0.29) is 18.5 Å². The highest BCUT2D eigenvalue weighted by Crippen LogP contribution is 2.16. The molecular weight excluding hydrogens is 222 g/mol. The third-order valence-corrected chi connectivity index (χ3v) is 3.45. The standard InChI is InChI=1S/C11H19N3O3/c1-8-6-9(12)2-3-13(8)7-10(15)14-4-5-17-11(14)16/h8-9H,2-7,12H2,1H3. The van der Waals surface area contributed by atoms with Gasteiger partial charge in [-0.3, -0.25) is 9.69 Å². The molecule has 17 heavy (non-hydrogen) atoms. The number of nitrogens with two attached hydrogens (primary N) is 1. The molecule has 2 N–H and O–H groups in total. The minimum atomic E-state index is -0.517. The van der Waals surface area contributed by atoms with Crippen molar-refractivity contribution in [3.63, 3.8) is 0 Å².